The Labute approximate surface area is 158 Å². The van der Waals surface area contributed by atoms with Crippen molar-refractivity contribution in [3.05, 3.63) is 59.6 Å². The summed E-state index contributed by atoms with van der Waals surface area (Å²) in [6.07, 6.45) is 0. The van der Waals surface area contributed by atoms with Crippen molar-refractivity contribution in [3.8, 4) is 0 Å². The molecule has 0 radical (unpaired) electrons. The monoisotopic (exact) mass is 394 g/mol. The summed E-state index contributed by atoms with van der Waals surface area (Å²) in [5, 5.41) is 0.398. The molecule has 0 N–H and O–H groups in total. The zero-order chi connectivity index (χ0) is 18.6. The van der Waals surface area contributed by atoms with Crippen LogP contribution in [0, 0.1) is 0 Å². The maximum absolute atomic E-state index is 13.1. The SMILES string of the molecule is O=C(CN(c1cccc(Cl)c1)S(=O)(=O)c1ccccc1)N1CCOCC1. The molecule has 26 heavy (non-hydrogen) atoms. The van der Waals surface area contributed by atoms with Crippen LogP contribution in [-0.2, 0) is 19.6 Å². The standard InChI is InChI=1S/C18H19ClN2O4S/c19-15-5-4-6-16(13-15)21(14-18(22)20-9-11-25-12-10-20)26(23,24)17-7-2-1-3-8-17/h1-8,13H,9-12,14H2. The lowest BCUT2D eigenvalue weighted by molar-refractivity contribution is -0.133. The molecule has 0 saturated carbocycles. The van der Waals surface area contributed by atoms with Crippen LogP contribution in [0.2, 0.25) is 5.02 Å². The minimum Gasteiger partial charge on any atom is -0.378 e. The Morgan fingerprint density at radius 3 is 2.42 bits per heavy atom. The van der Waals surface area contributed by atoms with Crippen LogP contribution in [0.25, 0.3) is 0 Å². The lowest BCUT2D eigenvalue weighted by atomic mass is 10.3. The van der Waals surface area contributed by atoms with Crippen molar-refractivity contribution in [2.75, 3.05) is 37.2 Å². The quantitative estimate of drug-likeness (QED) is 0.781. The van der Waals surface area contributed by atoms with E-state index in [-0.39, 0.29) is 17.3 Å². The lowest BCUT2D eigenvalue weighted by Gasteiger charge is -2.30. The number of carbonyl (C=O) groups is 1. The van der Waals surface area contributed by atoms with E-state index in [1.165, 1.54) is 18.2 Å². The summed E-state index contributed by atoms with van der Waals surface area (Å²) in [5.74, 6) is -0.271. The molecule has 0 aliphatic carbocycles. The van der Waals surface area contributed by atoms with Crippen molar-refractivity contribution in [2.45, 2.75) is 4.90 Å². The number of anilines is 1. The number of amides is 1. The highest BCUT2D eigenvalue weighted by Crippen LogP contribution is 2.26. The molecule has 2 aromatic carbocycles. The number of ether oxygens (including phenoxy) is 1. The lowest BCUT2D eigenvalue weighted by Crippen LogP contribution is -2.47. The molecule has 0 atom stereocenters. The summed E-state index contributed by atoms with van der Waals surface area (Å²) < 4.78 is 32.7. The second-order valence-electron chi connectivity index (χ2n) is 5.80. The van der Waals surface area contributed by atoms with E-state index >= 15 is 0 Å². The number of hydrogen-bond donors (Lipinski definition) is 0. The molecule has 1 aliphatic heterocycles. The summed E-state index contributed by atoms with van der Waals surface area (Å²) in [6.45, 7) is 1.52. The normalized spacial score (nSPS) is 14.9. The van der Waals surface area contributed by atoms with Gasteiger partial charge < -0.3 is 9.64 Å². The predicted octanol–water partition coefficient (Wildman–Crippen LogP) is 2.39. The summed E-state index contributed by atoms with van der Waals surface area (Å²) >= 11 is 6.04. The van der Waals surface area contributed by atoms with Crippen molar-refractivity contribution in [2.24, 2.45) is 0 Å². The molecule has 1 aliphatic rings. The maximum atomic E-state index is 13.1. The Hall–Kier alpha value is -2.09. The van der Waals surface area contributed by atoms with Gasteiger partial charge in [-0.1, -0.05) is 35.9 Å². The van der Waals surface area contributed by atoms with Crippen molar-refractivity contribution >= 4 is 33.2 Å². The van der Waals surface area contributed by atoms with Gasteiger partial charge in [0.05, 0.1) is 23.8 Å². The van der Waals surface area contributed by atoms with Gasteiger partial charge in [-0.05, 0) is 30.3 Å². The van der Waals surface area contributed by atoms with Crippen LogP contribution < -0.4 is 4.31 Å². The number of nitrogens with zero attached hydrogens (tertiary/aromatic N) is 2. The van der Waals surface area contributed by atoms with Gasteiger partial charge in [-0.15, -0.1) is 0 Å². The molecule has 8 heteroatoms. The van der Waals surface area contributed by atoms with Gasteiger partial charge in [-0.25, -0.2) is 8.42 Å². The first kappa shape index (κ1) is 18.7. The van der Waals surface area contributed by atoms with Gasteiger partial charge in [-0.3, -0.25) is 9.10 Å². The summed E-state index contributed by atoms with van der Waals surface area (Å²) in [4.78, 5) is 14.4. The average Bonchev–Trinajstić information content (AvgIpc) is 2.67. The van der Waals surface area contributed by atoms with Gasteiger partial charge in [0.15, 0.2) is 0 Å². The zero-order valence-electron chi connectivity index (χ0n) is 14.0. The van der Waals surface area contributed by atoms with E-state index in [1.807, 2.05) is 0 Å². The maximum Gasteiger partial charge on any atom is 0.264 e. The molecule has 0 spiro atoms. The van der Waals surface area contributed by atoms with Crippen molar-refractivity contribution in [1.82, 2.24) is 4.90 Å². The van der Waals surface area contributed by atoms with Gasteiger partial charge in [0, 0.05) is 18.1 Å². The van der Waals surface area contributed by atoms with E-state index in [4.69, 9.17) is 16.3 Å². The van der Waals surface area contributed by atoms with E-state index in [0.29, 0.717) is 37.0 Å². The van der Waals surface area contributed by atoms with E-state index in [1.54, 1.807) is 41.3 Å². The first-order valence-corrected chi connectivity index (χ1v) is 9.99. The molecule has 0 bridgehead atoms. The highest BCUT2D eigenvalue weighted by atomic mass is 35.5. The predicted molar refractivity (Wildman–Crippen MR) is 99.8 cm³/mol. The fourth-order valence-electron chi connectivity index (χ4n) is 2.70. The molecule has 0 unspecified atom stereocenters. The molecule has 1 amide bonds. The van der Waals surface area contributed by atoms with Crippen LogP contribution in [0.1, 0.15) is 0 Å². The number of morpholine rings is 1. The Morgan fingerprint density at radius 1 is 1.08 bits per heavy atom. The third kappa shape index (κ3) is 4.17. The van der Waals surface area contributed by atoms with Crippen LogP contribution >= 0.6 is 11.6 Å². The number of sulfonamides is 1. The topological polar surface area (TPSA) is 66.9 Å². The highest BCUT2D eigenvalue weighted by molar-refractivity contribution is 7.92. The molecule has 0 aromatic heterocycles. The third-order valence-electron chi connectivity index (χ3n) is 4.07. The largest absolute Gasteiger partial charge is 0.378 e. The van der Waals surface area contributed by atoms with Gasteiger partial charge in [0.1, 0.15) is 6.54 Å². The van der Waals surface area contributed by atoms with E-state index in [9.17, 15) is 13.2 Å². The highest BCUT2D eigenvalue weighted by Gasteiger charge is 2.29. The smallest absolute Gasteiger partial charge is 0.264 e. The first-order chi connectivity index (χ1) is 12.5. The van der Waals surface area contributed by atoms with Crippen molar-refractivity contribution in [1.29, 1.82) is 0 Å². The number of hydrogen-bond acceptors (Lipinski definition) is 4. The number of rotatable bonds is 5. The van der Waals surface area contributed by atoms with E-state index in [0.717, 1.165) is 4.31 Å². The molecule has 138 valence electrons. The van der Waals surface area contributed by atoms with E-state index < -0.39 is 10.0 Å². The minimum atomic E-state index is -3.91. The van der Waals surface area contributed by atoms with Gasteiger partial charge in [0.2, 0.25) is 5.91 Å². The van der Waals surface area contributed by atoms with Gasteiger partial charge in [0.25, 0.3) is 10.0 Å². The molecular weight excluding hydrogens is 376 g/mol. The first-order valence-electron chi connectivity index (χ1n) is 8.17. The van der Waals surface area contributed by atoms with Gasteiger partial charge >= 0.3 is 0 Å². The van der Waals surface area contributed by atoms with Gasteiger partial charge in [-0.2, -0.15) is 0 Å². The molecule has 1 heterocycles. The summed E-state index contributed by atoms with van der Waals surface area (Å²) in [5.41, 5.74) is 0.350. The van der Waals surface area contributed by atoms with Crippen LogP contribution in [0.5, 0.6) is 0 Å². The fourth-order valence-corrected chi connectivity index (χ4v) is 4.31. The Kier molecular flexibility index (Phi) is 5.80. The minimum absolute atomic E-state index is 0.120. The number of carbonyl (C=O) groups excluding carboxylic acids is 1. The third-order valence-corrected chi connectivity index (χ3v) is 6.09. The summed E-state index contributed by atoms with van der Waals surface area (Å²) in [7, 11) is -3.91. The Balaban J connectivity index is 1.95. The molecular formula is C18H19ClN2O4S. The van der Waals surface area contributed by atoms with Crippen LogP contribution in [0.3, 0.4) is 0 Å². The fraction of sp³-hybridized carbons (Fsp3) is 0.278. The molecule has 2 aromatic rings. The average molecular weight is 395 g/mol. The molecule has 1 fully saturated rings. The van der Waals surface area contributed by atoms with Crippen LogP contribution in [0.4, 0.5) is 5.69 Å². The second kappa shape index (κ2) is 8.07. The van der Waals surface area contributed by atoms with Crippen molar-refractivity contribution in [3.63, 3.8) is 0 Å². The Bertz CT molecular complexity index is 868. The van der Waals surface area contributed by atoms with Crippen molar-refractivity contribution < 1.29 is 17.9 Å². The zero-order valence-corrected chi connectivity index (χ0v) is 15.6. The number of halogens is 1. The molecule has 3 rings (SSSR count). The molecule has 6 nitrogen and oxygen atoms in total. The second-order valence-corrected chi connectivity index (χ2v) is 8.10. The number of benzene rings is 2. The molecule has 1 saturated heterocycles. The Morgan fingerprint density at radius 2 is 1.77 bits per heavy atom. The summed E-state index contributed by atoms with van der Waals surface area (Å²) in [6, 6.07) is 14.5. The van der Waals surface area contributed by atoms with Crippen LogP contribution in [0.15, 0.2) is 59.5 Å². The van der Waals surface area contributed by atoms with E-state index in [2.05, 4.69) is 0 Å². The van der Waals surface area contributed by atoms with Crippen LogP contribution in [-0.4, -0.2) is 52.1 Å².